The van der Waals surface area contributed by atoms with Crippen LogP contribution in [0.2, 0.25) is 0 Å². The molecule has 1 heterocycles. The molecule has 3 rings (SSSR count). The number of anilines is 1. The van der Waals surface area contributed by atoms with Gasteiger partial charge in [0.2, 0.25) is 0 Å². The average Bonchev–Trinajstić information content (AvgIpc) is 3.06. The van der Waals surface area contributed by atoms with Gasteiger partial charge < -0.3 is 15.0 Å². The number of nitrogens with zero attached hydrogens (tertiary/aromatic N) is 1. The van der Waals surface area contributed by atoms with Gasteiger partial charge in [-0.2, -0.15) is 0 Å². The largest absolute Gasteiger partial charge is 0.364 e. The molecule has 2 N–H and O–H groups in total. The van der Waals surface area contributed by atoms with E-state index in [0.717, 1.165) is 11.3 Å². The summed E-state index contributed by atoms with van der Waals surface area (Å²) >= 11 is 5.24. The molecule has 1 amide bonds. The molecule has 128 valence electrons. The molecule has 0 saturated heterocycles. The fraction of sp³-hybridized carbons (Fsp3) is 0.158. The number of ether oxygens (including phenoxy) is 1. The van der Waals surface area contributed by atoms with Gasteiger partial charge in [-0.1, -0.05) is 36.4 Å². The molecular formula is C19H19N3O2S. The molecule has 0 aliphatic carbocycles. The second-order valence-electron chi connectivity index (χ2n) is 5.42. The summed E-state index contributed by atoms with van der Waals surface area (Å²) in [5, 5.41) is 2.93. The topological polar surface area (TPSA) is 59.0 Å². The molecule has 0 aliphatic rings. The van der Waals surface area contributed by atoms with E-state index in [-0.39, 0.29) is 5.91 Å². The quantitative estimate of drug-likeness (QED) is 0.651. The van der Waals surface area contributed by atoms with Crippen LogP contribution in [0.15, 0.2) is 67.0 Å². The Kier molecular flexibility index (Phi) is 5.42. The Labute approximate surface area is 151 Å². The fourth-order valence-corrected chi connectivity index (χ4v) is 2.82. The molecule has 0 bridgehead atoms. The predicted molar refractivity (Wildman–Crippen MR) is 100 cm³/mol. The van der Waals surface area contributed by atoms with Crippen LogP contribution in [0.5, 0.6) is 0 Å². The highest BCUT2D eigenvalue weighted by molar-refractivity contribution is 7.71. The molecule has 0 radical (unpaired) electrons. The van der Waals surface area contributed by atoms with Gasteiger partial charge in [-0.05, 0) is 42.9 Å². The molecule has 5 nitrogen and oxygen atoms in total. The Bertz CT molecular complexity index is 902. The maximum absolute atomic E-state index is 12.7. The monoisotopic (exact) mass is 353 g/mol. The van der Waals surface area contributed by atoms with Crippen molar-refractivity contribution in [3.8, 4) is 5.69 Å². The van der Waals surface area contributed by atoms with Crippen LogP contribution in [0.3, 0.4) is 0 Å². The Morgan fingerprint density at radius 2 is 2.04 bits per heavy atom. The number of rotatable bonds is 6. The van der Waals surface area contributed by atoms with Crippen LogP contribution in [0, 0.1) is 4.77 Å². The van der Waals surface area contributed by atoms with E-state index in [0.29, 0.717) is 17.1 Å². The highest BCUT2D eigenvalue weighted by Gasteiger charge is 2.20. The molecule has 0 fully saturated rings. The first-order chi connectivity index (χ1) is 12.2. The number of H-pyrrole nitrogens is 1. The first-order valence-corrected chi connectivity index (χ1v) is 8.43. The number of carbonyl (C=O) groups excluding carboxylic acids is 1. The normalized spacial score (nSPS) is 11.9. The molecule has 3 aromatic rings. The van der Waals surface area contributed by atoms with Crippen molar-refractivity contribution < 1.29 is 9.53 Å². The number of hydrogen-bond donors (Lipinski definition) is 2. The van der Waals surface area contributed by atoms with Crippen molar-refractivity contribution in [1.82, 2.24) is 9.55 Å². The maximum Gasteiger partial charge on any atom is 0.258 e. The first-order valence-electron chi connectivity index (χ1n) is 8.03. The second kappa shape index (κ2) is 7.92. The van der Waals surface area contributed by atoms with Crippen molar-refractivity contribution in [2.24, 2.45) is 0 Å². The van der Waals surface area contributed by atoms with Gasteiger partial charge in [-0.3, -0.25) is 9.36 Å². The lowest BCUT2D eigenvalue weighted by molar-refractivity contribution is -0.127. The molecular weight excluding hydrogens is 334 g/mol. The summed E-state index contributed by atoms with van der Waals surface area (Å²) in [6.07, 6.45) is 2.97. The van der Waals surface area contributed by atoms with Crippen molar-refractivity contribution in [3.05, 3.63) is 77.3 Å². The van der Waals surface area contributed by atoms with Gasteiger partial charge in [0.1, 0.15) is 0 Å². The lowest BCUT2D eigenvalue weighted by Gasteiger charge is -2.17. The summed E-state index contributed by atoms with van der Waals surface area (Å²) in [6, 6.07) is 17.0. The van der Waals surface area contributed by atoms with Gasteiger partial charge in [0.05, 0.1) is 0 Å². The van der Waals surface area contributed by atoms with Gasteiger partial charge in [0, 0.05) is 30.4 Å². The molecule has 2 aromatic carbocycles. The minimum Gasteiger partial charge on any atom is -0.364 e. The van der Waals surface area contributed by atoms with E-state index in [1.807, 2.05) is 72.3 Å². The molecule has 1 atom stereocenters. The lowest BCUT2D eigenvalue weighted by Crippen LogP contribution is -2.23. The fourth-order valence-electron chi connectivity index (χ4n) is 2.58. The van der Waals surface area contributed by atoms with Crippen LogP contribution < -0.4 is 5.32 Å². The number of nitrogens with one attached hydrogen (secondary N) is 2. The summed E-state index contributed by atoms with van der Waals surface area (Å²) in [5.41, 5.74) is 2.38. The molecule has 0 aliphatic heterocycles. The van der Waals surface area contributed by atoms with E-state index < -0.39 is 6.10 Å². The van der Waals surface area contributed by atoms with Crippen LogP contribution in [0.4, 0.5) is 5.69 Å². The SMILES string of the molecule is CCO[C@@H](C(=O)Nc1cccc(-n2cc[nH]c2=S)c1)c1ccccc1. The van der Waals surface area contributed by atoms with E-state index in [1.165, 1.54) is 0 Å². The number of carbonyl (C=O) groups is 1. The maximum atomic E-state index is 12.7. The lowest BCUT2D eigenvalue weighted by atomic mass is 10.1. The van der Waals surface area contributed by atoms with Gasteiger partial charge in [-0.15, -0.1) is 0 Å². The van der Waals surface area contributed by atoms with Crippen molar-refractivity contribution in [1.29, 1.82) is 0 Å². The minimum absolute atomic E-state index is 0.206. The molecule has 1 aromatic heterocycles. The minimum atomic E-state index is -0.649. The third kappa shape index (κ3) is 4.04. The molecule has 0 spiro atoms. The average molecular weight is 353 g/mol. The van der Waals surface area contributed by atoms with E-state index in [1.54, 1.807) is 6.20 Å². The van der Waals surface area contributed by atoms with E-state index in [9.17, 15) is 4.79 Å². The summed E-state index contributed by atoms with van der Waals surface area (Å²) in [5.74, 6) is -0.206. The first kappa shape index (κ1) is 17.1. The van der Waals surface area contributed by atoms with E-state index in [2.05, 4.69) is 10.3 Å². The summed E-state index contributed by atoms with van der Waals surface area (Å²) < 4.78 is 8.08. The Balaban J connectivity index is 1.82. The Hall–Kier alpha value is -2.70. The third-order valence-electron chi connectivity index (χ3n) is 3.71. The van der Waals surface area contributed by atoms with Crippen molar-refractivity contribution in [2.75, 3.05) is 11.9 Å². The zero-order chi connectivity index (χ0) is 17.6. The number of aromatic amines is 1. The highest BCUT2D eigenvalue weighted by atomic mass is 32.1. The summed E-state index contributed by atoms with van der Waals surface area (Å²) in [4.78, 5) is 15.7. The molecule has 0 saturated carbocycles. The predicted octanol–water partition coefficient (Wildman–Crippen LogP) is 4.25. The van der Waals surface area contributed by atoms with Gasteiger partial charge >= 0.3 is 0 Å². The molecule has 0 unspecified atom stereocenters. The zero-order valence-electron chi connectivity index (χ0n) is 13.8. The van der Waals surface area contributed by atoms with Crippen LogP contribution in [-0.2, 0) is 9.53 Å². The number of benzene rings is 2. The zero-order valence-corrected chi connectivity index (χ0v) is 14.6. The van der Waals surface area contributed by atoms with Gasteiger partial charge in [-0.25, -0.2) is 0 Å². The van der Waals surface area contributed by atoms with Crippen LogP contribution in [0.1, 0.15) is 18.6 Å². The van der Waals surface area contributed by atoms with Crippen molar-refractivity contribution >= 4 is 23.8 Å². The molecule has 6 heteroatoms. The van der Waals surface area contributed by atoms with Gasteiger partial charge in [0.25, 0.3) is 5.91 Å². The number of hydrogen-bond acceptors (Lipinski definition) is 3. The third-order valence-corrected chi connectivity index (χ3v) is 4.03. The Morgan fingerprint density at radius 1 is 1.24 bits per heavy atom. The van der Waals surface area contributed by atoms with Crippen molar-refractivity contribution in [2.45, 2.75) is 13.0 Å². The van der Waals surface area contributed by atoms with Crippen LogP contribution >= 0.6 is 12.2 Å². The number of aromatic nitrogens is 2. The summed E-state index contributed by atoms with van der Waals surface area (Å²) in [7, 11) is 0. The number of amides is 1. The summed E-state index contributed by atoms with van der Waals surface area (Å²) in [6.45, 7) is 2.32. The van der Waals surface area contributed by atoms with Crippen LogP contribution in [0.25, 0.3) is 5.69 Å². The van der Waals surface area contributed by atoms with Crippen LogP contribution in [-0.4, -0.2) is 22.1 Å². The van der Waals surface area contributed by atoms with E-state index in [4.69, 9.17) is 17.0 Å². The van der Waals surface area contributed by atoms with Crippen molar-refractivity contribution in [3.63, 3.8) is 0 Å². The van der Waals surface area contributed by atoms with Gasteiger partial charge in [0.15, 0.2) is 10.9 Å². The second-order valence-corrected chi connectivity index (χ2v) is 5.81. The highest BCUT2D eigenvalue weighted by Crippen LogP contribution is 2.21. The smallest absolute Gasteiger partial charge is 0.258 e. The molecule has 25 heavy (non-hydrogen) atoms. The number of imidazole rings is 1. The standard InChI is InChI=1S/C19H19N3O2S/c1-2-24-17(14-7-4-3-5-8-14)18(23)21-15-9-6-10-16(13-15)22-12-11-20-19(22)25/h3-13,17H,2H2,1H3,(H,20,25)(H,21,23)/t17-/m1/s1. The van der Waals surface area contributed by atoms with E-state index >= 15 is 0 Å². The Morgan fingerprint density at radius 3 is 2.72 bits per heavy atom.